The predicted molar refractivity (Wildman–Crippen MR) is 131 cm³/mol. The summed E-state index contributed by atoms with van der Waals surface area (Å²) in [7, 11) is 0. The van der Waals surface area contributed by atoms with Crippen LogP contribution < -0.4 is 0 Å². The van der Waals surface area contributed by atoms with Gasteiger partial charge in [-0.15, -0.1) is 0 Å². The van der Waals surface area contributed by atoms with Crippen molar-refractivity contribution < 1.29 is 23.7 Å². The Labute approximate surface area is 211 Å². The van der Waals surface area contributed by atoms with Crippen molar-refractivity contribution in [2.45, 2.75) is 117 Å². The second kappa shape index (κ2) is 7.40. The number of hydrogen-bond acceptors (Lipinski definition) is 5. The van der Waals surface area contributed by atoms with Gasteiger partial charge in [-0.25, -0.2) is 4.79 Å². The van der Waals surface area contributed by atoms with Gasteiger partial charge in [0.1, 0.15) is 0 Å². The molecule has 0 amide bonds. The molecular formula is C30H46O5. The zero-order valence-corrected chi connectivity index (χ0v) is 22.5. The Kier molecular flexibility index (Phi) is 4.93. The van der Waals surface area contributed by atoms with Crippen molar-refractivity contribution in [1.29, 1.82) is 0 Å². The zero-order chi connectivity index (χ0) is 24.4. The van der Waals surface area contributed by atoms with Gasteiger partial charge in [-0.2, -0.15) is 0 Å². The monoisotopic (exact) mass is 486 g/mol. The van der Waals surface area contributed by atoms with Crippen LogP contribution in [0.4, 0.5) is 4.79 Å². The van der Waals surface area contributed by atoms with Gasteiger partial charge in [-0.3, -0.25) is 0 Å². The summed E-state index contributed by atoms with van der Waals surface area (Å²) in [6.45, 7) is 12.8. The molecule has 5 heteroatoms. The van der Waals surface area contributed by atoms with Gasteiger partial charge in [0.25, 0.3) is 5.79 Å². The third-order valence-electron chi connectivity index (χ3n) is 13.2. The Morgan fingerprint density at radius 2 is 1.57 bits per heavy atom. The van der Waals surface area contributed by atoms with E-state index in [9.17, 15) is 4.79 Å². The van der Waals surface area contributed by atoms with E-state index in [-0.39, 0.29) is 5.79 Å². The minimum absolute atomic E-state index is 0.308. The molecule has 35 heavy (non-hydrogen) atoms. The largest absolute Gasteiger partial charge is 0.514 e. The number of hydrogen-bond donors (Lipinski definition) is 0. The molecule has 0 radical (unpaired) electrons. The molecule has 12 atom stereocenters. The Bertz CT molecular complexity index is 885. The standard InChI is InChI=1S/C30H46O5/c1-17-8-13-30(32-16-17)18(2)25-24(33-30)15-23-21-7-6-19-14-20(29(5)34-26(31)35-29)9-11-27(19,3)22(21)10-12-28(23,25)4/h17-25H,6-16H2,1-5H3/t17?,18-,19+,20-,21?,22?,23?,24-,25?,27-,28-,30+/m0/s1. The van der Waals surface area contributed by atoms with E-state index in [0.29, 0.717) is 40.6 Å². The van der Waals surface area contributed by atoms with Gasteiger partial charge < -0.3 is 18.9 Å². The van der Waals surface area contributed by atoms with Crippen LogP contribution in [-0.2, 0) is 18.9 Å². The normalized spacial score (nSPS) is 58.3. The summed E-state index contributed by atoms with van der Waals surface area (Å²) in [5.41, 5.74) is 0.807. The van der Waals surface area contributed by atoms with E-state index in [0.717, 1.165) is 49.5 Å². The smallest absolute Gasteiger partial charge is 0.391 e. The molecule has 7 fully saturated rings. The lowest BCUT2D eigenvalue weighted by molar-refractivity contribution is -0.299. The third-order valence-corrected chi connectivity index (χ3v) is 13.2. The van der Waals surface area contributed by atoms with Crippen molar-refractivity contribution in [3.8, 4) is 0 Å². The average Bonchev–Trinajstić information content (AvgIpc) is 3.24. The lowest BCUT2D eigenvalue weighted by Gasteiger charge is -2.62. The summed E-state index contributed by atoms with van der Waals surface area (Å²) in [4.78, 5) is 11.4. The Morgan fingerprint density at radius 1 is 0.800 bits per heavy atom. The Hall–Kier alpha value is -0.810. The summed E-state index contributed by atoms with van der Waals surface area (Å²) in [6.07, 6.45) is 12.4. The van der Waals surface area contributed by atoms with Crippen molar-refractivity contribution in [2.75, 3.05) is 6.61 Å². The van der Waals surface area contributed by atoms with E-state index >= 15 is 0 Å². The SMILES string of the molecule is CC1CC[C@@]2(OC1)O[C@H]1CC3C4CC[C@@H]5C[C@@H](C6(C)OC(=O)O6)CC[C@]5(C)C4CC[C@]3(C)C1[C@@H]2C. The van der Waals surface area contributed by atoms with E-state index in [1.165, 1.54) is 44.9 Å². The molecule has 0 aromatic rings. The maximum absolute atomic E-state index is 11.4. The number of fused-ring (bicyclic) bond motifs is 7. The van der Waals surface area contributed by atoms with Crippen molar-refractivity contribution >= 4 is 6.16 Å². The van der Waals surface area contributed by atoms with Gasteiger partial charge in [0.2, 0.25) is 0 Å². The fourth-order valence-electron chi connectivity index (χ4n) is 11.3. The van der Waals surface area contributed by atoms with E-state index in [1.54, 1.807) is 0 Å². The van der Waals surface area contributed by atoms with Crippen LogP contribution in [-0.4, -0.2) is 30.4 Å². The summed E-state index contributed by atoms with van der Waals surface area (Å²) < 4.78 is 24.4. The van der Waals surface area contributed by atoms with Crippen LogP contribution in [0.15, 0.2) is 0 Å². The molecule has 196 valence electrons. The van der Waals surface area contributed by atoms with Crippen LogP contribution >= 0.6 is 0 Å². The zero-order valence-electron chi connectivity index (χ0n) is 22.5. The van der Waals surface area contributed by atoms with Crippen LogP contribution in [0.3, 0.4) is 0 Å². The van der Waals surface area contributed by atoms with Crippen molar-refractivity contribution in [3.63, 3.8) is 0 Å². The molecule has 3 heterocycles. The molecule has 0 aromatic heterocycles. The number of cyclic esters (lactones) is 2. The fraction of sp³-hybridized carbons (Fsp3) is 0.967. The molecule has 0 aromatic carbocycles. The molecule has 0 bridgehead atoms. The van der Waals surface area contributed by atoms with E-state index in [1.807, 2.05) is 6.92 Å². The molecule has 5 nitrogen and oxygen atoms in total. The fourth-order valence-corrected chi connectivity index (χ4v) is 11.3. The second-order valence-corrected chi connectivity index (χ2v) is 14.6. The summed E-state index contributed by atoms with van der Waals surface area (Å²) >= 11 is 0. The van der Waals surface area contributed by atoms with Crippen LogP contribution in [0.5, 0.6) is 0 Å². The summed E-state index contributed by atoms with van der Waals surface area (Å²) in [5.74, 6) is 4.35. The molecule has 1 spiro atoms. The molecule has 7 aliphatic rings. The second-order valence-electron chi connectivity index (χ2n) is 14.6. The van der Waals surface area contributed by atoms with Crippen LogP contribution in [0.1, 0.15) is 98.8 Å². The minimum Gasteiger partial charge on any atom is -0.391 e. The first-order valence-corrected chi connectivity index (χ1v) is 14.8. The van der Waals surface area contributed by atoms with Crippen molar-refractivity contribution in [3.05, 3.63) is 0 Å². The third kappa shape index (κ3) is 3.03. The minimum atomic E-state index is -0.675. The van der Waals surface area contributed by atoms with Crippen LogP contribution in [0.2, 0.25) is 0 Å². The summed E-state index contributed by atoms with van der Waals surface area (Å²) in [5, 5.41) is 0. The van der Waals surface area contributed by atoms with E-state index < -0.39 is 11.9 Å². The number of ether oxygens (including phenoxy) is 4. The van der Waals surface area contributed by atoms with Gasteiger partial charge in [0.15, 0.2) is 5.79 Å². The lowest BCUT2D eigenvalue weighted by atomic mass is 9.43. The molecule has 3 aliphatic heterocycles. The molecule has 4 saturated carbocycles. The highest BCUT2D eigenvalue weighted by molar-refractivity contribution is 5.65. The number of carbonyl (C=O) groups excluding carboxylic acids is 1. The molecular weight excluding hydrogens is 440 g/mol. The van der Waals surface area contributed by atoms with Crippen LogP contribution in [0.25, 0.3) is 0 Å². The number of carbonyl (C=O) groups is 1. The van der Waals surface area contributed by atoms with Gasteiger partial charge in [-0.1, -0.05) is 27.7 Å². The van der Waals surface area contributed by atoms with Gasteiger partial charge >= 0.3 is 6.16 Å². The van der Waals surface area contributed by atoms with Gasteiger partial charge in [-0.05, 0) is 104 Å². The molecule has 0 N–H and O–H groups in total. The van der Waals surface area contributed by atoms with Crippen molar-refractivity contribution in [2.24, 2.45) is 58.2 Å². The van der Waals surface area contributed by atoms with E-state index in [2.05, 4.69) is 27.7 Å². The predicted octanol–water partition coefficient (Wildman–Crippen LogP) is 6.93. The first-order valence-electron chi connectivity index (χ1n) is 14.8. The summed E-state index contributed by atoms with van der Waals surface area (Å²) in [6, 6.07) is 0. The van der Waals surface area contributed by atoms with E-state index in [4.69, 9.17) is 18.9 Å². The maximum atomic E-state index is 11.4. The maximum Gasteiger partial charge on any atom is 0.514 e. The van der Waals surface area contributed by atoms with Crippen molar-refractivity contribution in [1.82, 2.24) is 0 Å². The first-order chi connectivity index (χ1) is 16.6. The molecule has 5 unspecified atom stereocenters. The van der Waals surface area contributed by atoms with Crippen LogP contribution in [0, 0.1) is 58.2 Å². The highest BCUT2D eigenvalue weighted by atomic mass is 16.9. The topological polar surface area (TPSA) is 54.0 Å². The highest BCUT2D eigenvalue weighted by Crippen LogP contribution is 2.71. The molecule has 7 rings (SSSR count). The Morgan fingerprint density at radius 3 is 2.29 bits per heavy atom. The molecule has 3 saturated heterocycles. The van der Waals surface area contributed by atoms with Gasteiger partial charge in [0, 0.05) is 25.2 Å². The quantitative estimate of drug-likeness (QED) is 0.376. The molecule has 4 aliphatic carbocycles. The van der Waals surface area contributed by atoms with Gasteiger partial charge in [0.05, 0.1) is 12.7 Å². The first kappa shape index (κ1) is 23.3. The number of rotatable bonds is 1. The highest BCUT2D eigenvalue weighted by Gasteiger charge is 2.69. The average molecular weight is 487 g/mol. The Balaban J connectivity index is 1.10. The lowest BCUT2D eigenvalue weighted by Crippen LogP contribution is -2.58.